The van der Waals surface area contributed by atoms with Crippen LogP contribution in [0.2, 0.25) is 0 Å². The Morgan fingerprint density at radius 1 is 1.23 bits per heavy atom. The first kappa shape index (κ1) is 16.6. The number of benzene rings is 1. The molecule has 1 atom stereocenters. The van der Waals surface area contributed by atoms with Gasteiger partial charge in [0.25, 0.3) is 0 Å². The van der Waals surface area contributed by atoms with Crippen LogP contribution in [-0.2, 0) is 4.79 Å². The van der Waals surface area contributed by atoms with Crippen molar-refractivity contribution in [3.8, 4) is 5.75 Å². The van der Waals surface area contributed by atoms with E-state index >= 15 is 0 Å². The Morgan fingerprint density at radius 2 is 1.86 bits per heavy atom. The van der Waals surface area contributed by atoms with Gasteiger partial charge in [-0.1, -0.05) is 18.2 Å². The van der Waals surface area contributed by atoms with Gasteiger partial charge in [-0.25, -0.2) is 5.01 Å². The van der Waals surface area contributed by atoms with Crippen LogP contribution >= 0.6 is 0 Å². The molecule has 1 fully saturated rings. The molecule has 122 valence electrons. The largest absolute Gasteiger partial charge is 0.488 e. The quantitative estimate of drug-likeness (QED) is 0.931. The predicted octanol–water partition coefficient (Wildman–Crippen LogP) is 3.20. The molecule has 1 aromatic rings. The van der Waals surface area contributed by atoms with Crippen molar-refractivity contribution >= 4 is 5.91 Å². The number of hydrogen-bond acceptors (Lipinski definition) is 3. The third-order valence-corrected chi connectivity index (χ3v) is 3.10. The lowest BCUT2D eigenvalue weighted by Gasteiger charge is -2.32. The fraction of sp³-hybridized carbons (Fsp3) is 0.533. The number of ether oxygens (including phenoxy) is 1. The summed E-state index contributed by atoms with van der Waals surface area (Å²) in [5.41, 5.74) is 1.64. The Kier molecular flexibility index (Phi) is 4.37. The molecule has 1 heterocycles. The molecule has 1 saturated heterocycles. The van der Waals surface area contributed by atoms with Crippen LogP contribution in [0.25, 0.3) is 0 Å². The van der Waals surface area contributed by atoms with E-state index in [0.29, 0.717) is 0 Å². The van der Waals surface area contributed by atoms with Gasteiger partial charge in [-0.3, -0.25) is 10.2 Å². The lowest BCUT2D eigenvalue weighted by atomic mass is 10.0. The number of rotatable bonds is 3. The minimum absolute atomic E-state index is 0.00681. The molecule has 1 aliphatic heterocycles. The predicted molar refractivity (Wildman–Crippen MR) is 75.1 cm³/mol. The molecule has 1 aliphatic rings. The smallest absolute Gasteiger partial charge is 0.410 e. The van der Waals surface area contributed by atoms with Gasteiger partial charge in [0.15, 0.2) is 6.04 Å². The topological polar surface area (TPSA) is 41.6 Å². The van der Waals surface area contributed by atoms with Gasteiger partial charge in [0.05, 0.1) is 0 Å². The minimum Gasteiger partial charge on any atom is -0.488 e. The van der Waals surface area contributed by atoms with E-state index in [-0.39, 0.29) is 24.3 Å². The Hall–Kier alpha value is -1.76. The average molecular weight is 316 g/mol. The molecule has 4 nitrogen and oxygen atoms in total. The molecule has 0 bridgehead atoms. The van der Waals surface area contributed by atoms with Gasteiger partial charge < -0.3 is 4.74 Å². The first-order chi connectivity index (χ1) is 10.1. The molecule has 1 amide bonds. The van der Waals surface area contributed by atoms with Crippen LogP contribution in [0.1, 0.15) is 38.8 Å². The van der Waals surface area contributed by atoms with Gasteiger partial charge in [-0.15, -0.1) is 0 Å². The highest BCUT2D eigenvalue weighted by Gasteiger charge is 2.48. The number of nitrogens with one attached hydrogen (secondary N) is 1. The molecule has 0 radical (unpaired) electrons. The number of hydrogen-bond donors (Lipinski definition) is 1. The zero-order valence-corrected chi connectivity index (χ0v) is 12.7. The van der Waals surface area contributed by atoms with E-state index < -0.39 is 23.7 Å². The normalized spacial score (nSPS) is 18.2. The van der Waals surface area contributed by atoms with Crippen LogP contribution < -0.4 is 10.2 Å². The molecule has 0 spiro atoms. The summed E-state index contributed by atoms with van der Waals surface area (Å²) in [7, 11) is 0. The van der Waals surface area contributed by atoms with Crippen molar-refractivity contribution in [2.75, 3.05) is 6.54 Å². The standard InChI is InChI=1S/C15H19F3N2O2/c1-14(2,3)22-11-7-5-4-6-10(11)13(15(16,17)18)20-9-8-12(21)19-20/h4-7,13H,8-9H2,1-3H3,(H,19,21). The molecule has 0 aliphatic carbocycles. The summed E-state index contributed by atoms with van der Waals surface area (Å²) >= 11 is 0. The van der Waals surface area contributed by atoms with E-state index in [2.05, 4.69) is 5.43 Å². The van der Waals surface area contributed by atoms with Crippen molar-refractivity contribution in [3.63, 3.8) is 0 Å². The maximum Gasteiger partial charge on any atom is 0.410 e. The van der Waals surface area contributed by atoms with Crippen LogP contribution in [0.5, 0.6) is 5.75 Å². The summed E-state index contributed by atoms with van der Waals surface area (Å²) in [6.07, 6.45) is -4.48. The van der Waals surface area contributed by atoms with Crippen molar-refractivity contribution in [1.82, 2.24) is 10.4 Å². The molecule has 0 aromatic heterocycles. The van der Waals surface area contributed by atoms with Crippen LogP contribution in [-0.4, -0.2) is 29.2 Å². The first-order valence-electron chi connectivity index (χ1n) is 6.99. The third-order valence-electron chi connectivity index (χ3n) is 3.10. The molecular weight excluding hydrogens is 297 g/mol. The number of hydrazine groups is 1. The maximum atomic E-state index is 13.5. The summed E-state index contributed by atoms with van der Waals surface area (Å²) in [5, 5.41) is 0.924. The minimum atomic E-state index is -4.53. The van der Waals surface area contributed by atoms with Crippen molar-refractivity contribution in [2.24, 2.45) is 0 Å². The van der Waals surface area contributed by atoms with E-state index in [1.54, 1.807) is 26.8 Å². The Morgan fingerprint density at radius 3 is 2.36 bits per heavy atom. The molecule has 1 aromatic carbocycles. The molecule has 1 unspecified atom stereocenters. The van der Waals surface area contributed by atoms with Crippen LogP contribution in [0.3, 0.4) is 0 Å². The number of halogens is 3. The van der Waals surface area contributed by atoms with Gasteiger partial charge in [0.2, 0.25) is 5.91 Å². The van der Waals surface area contributed by atoms with Crippen LogP contribution in [0.4, 0.5) is 13.2 Å². The maximum absolute atomic E-state index is 13.5. The zero-order chi connectivity index (χ0) is 16.5. The van der Waals surface area contributed by atoms with Gasteiger partial charge in [-0.2, -0.15) is 13.2 Å². The van der Waals surface area contributed by atoms with Crippen molar-refractivity contribution in [1.29, 1.82) is 0 Å². The third kappa shape index (κ3) is 3.91. The summed E-state index contributed by atoms with van der Waals surface area (Å²) < 4.78 is 46.3. The van der Waals surface area contributed by atoms with E-state index in [1.165, 1.54) is 18.2 Å². The molecule has 0 saturated carbocycles. The van der Waals surface area contributed by atoms with Crippen molar-refractivity contribution in [2.45, 2.75) is 45.0 Å². The van der Waals surface area contributed by atoms with E-state index in [0.717, 1.165) is 5.01 Å². The second-order valence-electron chi connectivity index (χ2n) is 6.17. The number of para-hydroxylation sites is 1. The molecule has 1 N–H and O–H groups in total. The van der Waals surface area contributed by atoms with Gasteiger partial charge in [-0.05, 0) is 26.8 Å². The highest BCUT2D eigenvalue weighted by atomic mass is 19.4. The highest BCUT2D eigenvalue weighted by Crippen LogP contribution is 2.42. The number of carbonyl (C=O) groups excluding carboxylic acids is 1. The Bertz CT molecular complexity index is 552. The molecular formula is C15H19F3N2O2. The fourth-order valence-corrected chi connectivity index (χ4v) is 2.34. The van der Waals surface area contributed by atoms with Gasteiger partial charge >= 0.3 is 6.18 Å². The number of carbonyl (C=O) groups is 1. The summed E-state index contributed by atoms with van der Waals surface area (Å²) in [4.78, 5) is 11.3. The van der Waals surface area contributed by atoms with Crippen molar-refractivity contribution in [3.05, 3.63) is 29.8 Å². The average Bonchev–Trinajstić information content (AvgIpc) is 2.74. The zero-order valence-electron chi connectivity index (χ0n) is 12.7. The fourth-order valence-electron chi connectivity index (χ4n) is 2.34. The molecule has 22 heavy (non-hydrogen) atoms. The lowest BCUT2D eigenvalue weighted by molar-refractivity contribution is -0.191. The summed E-state index contributed by atoms with van der Waals surface area (Å²) in [6.45, 7) is 5.31. The van der Waals surface area contributed by atoms with E-state index in [4.69, 9.17) is 4.74 Å². The Balaban J connectivity index is 2.42. The summed E-state index contributed by atoms with van der Waals surface area (Å²) in [6, 6.07) is 4.11. The number of amides is 1. The second kappa shape index (κ2) is 5.79. The second-order valence-corrected chi connectivity index (χ2v) is 6.17. The highest BCUT2D eigenvalue weighted by molar-refractivity contribution is 5.77. The molecule has 7 heteroatoms. The number of alkyl halides is 3. The molecule has 2 rings (SSSR count). The Labute approximate surface area is 127 Å². The SMILES string of the molecule is CC(C)(C)Oc1ccccc1C(N1CCC(=O)N1)C(F)(F)F. The van der Waals surface area contributed by atoms with E-state index in [1.807, 2.05) is 0 Å². The van der Waals surface area contributed by atoms with Crippen molar-refractivity contribution < 1.29 is 22.7 Å². The lowest BCUT2D eigenvalue weighted by Crippen LogP contribution is -2.44. The van der Waals surface area contributed by atoms with Crippen LogP contribution in [0, 0.1) is 0 Å². The van der Waals surface area contributed by atoms with E-state index in [9.17, 15) is 18.0 Å². The first-order valence-corrected chi connectivity index (χ1v) is 6.99. The van der Waals surface area contributed by atoms with Crippen LogP contribution in [0.15, 0.2) is 24.3 Å². The summed E-state index contributed by atoms with van der Waals surface area (Å²) in [5.74, 6) is -0.248. The number of nitrogens with zero attached hydrogens (tertiary/aromatic N) is 1. The van der Waals surface area contributed by atoms with Gasteiger partial charge in [0, 0.05) is 18.5 Å². The monoisotopic (exact) mass is 316 g/mol. The van der Waals surface area contributed by atoms with Gasteiger partial charge in [0.1, 0.15) is 11.4 Å².